The predicted octanol–water partition coefficient (Wildman–Crippen LogP) is 14.8. The Bertz CT molecular complexity index is 3560. The minimum Gasteiger partial charge on any atom is -0.309 e. The summed E-state index contributed by atoms with van der Waals surface area (Å²) in [6.07, 6.45) is 0. The lowest BCUT2D eigenvalue weighted by Crippen LogP contribution is -2.00. The van der Waals surface area contributed by atoms with Crippen molar-refractivity contribution in [2.75, 3.05) is 0 Å². The van der Waals surface area contributed by atoms with Crippen LogP contribution in [-0.4, -0.2) is 19.5 Å². The Balaban J connectivity index is 1.11. The van der Waals surface area contributed by atoms with Gasteiger partial charge in [0.15, 0.2) is 17.5 Å². The van der Waals surface area contributed by atoms with E-state index in [2.05, 4.69) is 162 Å². The van der Waals surface area contributed by atoms with Crippen LogP contribution in [0.2, 0.25) is 0 Å². The summed E-state index contributed by atoms with van der Waals surface area (Å²) < 4.78 is 2.40. The van der Waals surface area contributed by atoms with Crippen molar-refractivity contribution >= 4 is 54.1 Å². The Kier molecular flexibility index (Phi) is 8.13. The van der Waals surface area contributed by atoms with E-state index in [1.54, 1.807) is 0 Å². The molecule has 10 aromatic carbocycles. The molecule has 12 rings (SSSR count). The van der Waals surface area contributed by atoms with Crippen molar-refractivity contribution in [2.24, 2.45) is 0 Å². The topological polar surface area (TPSA) is 43.6 Å². The fraction of sp³-hybridized carbons (Fsp3) is 0. The van der Waals surface area contributed by atoms with Crippen LogP contribution in [0, 0.1) is 0 Å². The molecular formula is C57H36N4. The smallest absolute Gasteiger partial charge is 0.164 e. The molecule has 12 aromatic rings. The normalized spacial score (nSPS) is 11.6. The number of fused-ring (bicyclic) bond motifs is 9. The molecule has 0 bridgehead atoms. The van der Waals surface area contributed by atoms with E-state index in [-0.39, 0.29) is 0 Å². The van der Waals surface area contributed by atoms with E-state index in [1.807, 2.05) is 60.7 Å². The van der Waals surface area contributed by atoms with Gasteiger partial charge in [0, 0.05) is 33.2 Å². The number of para-hydroxylation sites is 2. The van der Waals surface area contributed by atoms with Gasteiger partial charge >= 0.3 is 0 Å². The third kappa shape index (κ3) is 5.80. The average molecular weight is 777 g/mol. The number of rotatable bonds is 6. The van der Waals surface area contributed by atoms with E-state index in [0.717, 1.165) is 33.5 Å². The second-order valence-corrected chi connectivity index (χ2v) is 15.5. The molecule has 0 atom stereocenters. The largest absolute Gasteiger partial charge is 0.309 e. The highest BCUT2D eigenvalue weighted by Crippen LogP contribution is 2.46. The molecule has 2 aromatic heterocycles. The molecule has 4 nitrogen and oxygen atoms in total. The lowest BCUT2D eigenvalue weighted by atomic mass is 9.86. The molecule has 284 valence electrons. The summed E-state index contributed by atoms with van der Waals surface area (Å²) >= 11 is 0. The molecule has 61 heavy (non-hydrogen) atoms. The van der Waals surface area contributed by atoms with Crippen molar-refractivity contribution in [2.45, 2.75) is 0 Å². The van der Waals surface area contributed by atoms with Crippen molar-refractivity contribution in [3.05, 3.63) is 218 Å². The maximum absolute atomic E-state index is 5.04. The van der Waals surface area contributed by atoms with Gasteiger partial charge in [-0.2, -0.15) is 0 Å². The average Bonchev–Trinajstić information content (AvgIpc) is 3.69. The molecular weight excluding hydrogens is 741 g/mol. The first-order valence-corrected chi connectivity index (χ1v) is 20.7. The van der Waals surface area contributed by atoms with E-state index in [1.165, 1.54) is 65.3 Å². The highest BCUT2D eigenvalue weighted by Gasteiger charge is 2.21. The fourth-order valence-electron chi connectivity index (χ4n) is 9.25. The second-order valence-electron chi connectivity index (χ2n) is 15.5. The monoisotopic (exact) mass is 776 g/mol. The van der Waals surface area contributed by atoms with Gasteiger partial charge in [0.1, 0.15) is 0 Å². The summed E-state index contributed by atoms with van der Waals surface area (Å²) in [5.41, 5.74) is 11.0. The summed E-state index contributed by atoms with van der Waals surface area (Å²) in [6, 6.07) is 77.8. The minimum atomic E-state index is 0.633. The van der Waals surface area contributed by atoms with Crippen LogP contribution in [0.4, 0.5) is 0 Å². The Morgan fingerprint density at radius 3 is 1.23 bits per heavy atom. The van der Waals surface area contributed by atoms with E-state index in [9.17, 15) is 0 Å². The molecule has 0 radical (unpaired) electrons. The molecule has 0 amide bonds. The van der Waals surface area contributed by atoms with Gasteiger partial charge in [-0.1, -0.05) is 182 Å². The zero-order chi connectivity index (χ0) is 40.3. The molecule has 0 N–H and O–H groups in total. The van der Waals surface area contributed by atoms with Crippen molar-refractivity contribution in [3.8, 4) is 62.1 Å². The van der Waals surface area contributed by atoms with E-state index in [4.69, 9.17) is 15.0 Å². The van der Waals surface area contributed by atoms with Crippen LogP contribution in [0.3, 0.4) is 0 Å². The Hall–Kier alpha value is -8.21. The van der Waals surface area contributed by atoms with Gasteiger partial charge in [0.2, 0.25) is 0 Å². The van der Waals surface area contributed by atoms with Gasteiger partial charge in [0.05, 0.1) is 11.0 Å². The first-order valence-electron chi connectivity index (χ1n) is 20.7. The van der Waals surface area contributed by atoms with Crippen LogP contribution in [-0.2, 0) is 0 Å². The van der Waals surface area contributed by atoms with Crippen LogP contribution in [0.5, 0.6) is 0 Å². The lowest BCUT2D eigenvalue weighted by molar-refractivity contribution is 1.07. The summed E-state index contributed by atoms with van der Waals surface area (Å²) in [7, 11) is 0. The van der Waals surface area contributed by atoms with Gasteiger partial charge in [-0.3, -0.25) is 0 Å². The number of hydrogen-bond acceptors (Lipinski definition) is 3. The standard InChI is InChI=1S/C57H36N4/c1-4-17-38(18-5-1)55-58-56(39-19-6-2-7-20-39)60-57(59-55)40-33-31-37(32-34-40)48-35-49-44-25-12-10-23-42(44)43-24-11-13-26-45(43)50(49)36-51(48)46-28-16-30-53-54(46)47-27-14-15-29-52(47)61(53)41-21-8-3-9-22-41/h1-36H. The maximum Gasteiger partial charge on any atom is 0.164 e. The highest BCUT2D eigenvalue weighted by atomic mass is 15.0. The van der Waals surface area contributed by atoms with Crippen LogP contribution in [0.1, 0.15) is 0 Å². The van der Waals surface area contributed by atoms with Gasteiger partial charge < -0.3 is 4.57 Å². The molecule has 0 aliphatic rings. The molecule has 0 saturated heterocycles. The molecule has 0 spiro atoms. The number of aromatic nitrogens is 4. The van der Waals surface area contributed by atoms with Crippen molar-refractivity contribution < 1.29 is 0 Å². The quantitative estimate of drug-likeness (QED) is 0.158. The fourth-order valence-corrected chi connectivity index (χ4v) is 9.25. The van der Waals surface area contributed by atoms with Gasteiger partial charge in [0.25, 0.3) is 0 Å². The van der Waals surface area contributed by atoms with E-state index in [0.29, 0.717) is 17.5 Å². The summed E-state index contributed by atoms with van der Waals surface area (Å²) in [4.78, 5) is 15.0. The van der Waals surface area contributed by atoms with Gasteiger partial charge in [-0.25, -0.2) is 15.0 Å². The summed E-state index contributed by atoms with van der Waals surface area (Å²) in [5.74, 6) is 1.92. The Morgan fingerprint density at radius 1 is 0.262 bits per heavy atom. The molecule has 0 aliphatic heterocycles. The Morgan fingerprint density at radius 2 is 0.672 bits per heavy atom. The van der Waals surface area contributed by atoms with Crippen LogP contribution >= 0.6 is 0 Å². The lowest BCUT2D eigenvalue weighted by Gasteiger charge is -2.18. The zero-order valence-corrected chi connectivity index (χ0v) is 33.1. The molecule has 0 saturated carbocycles. The maximum atomic E-state index is 5.04. The second kappa shape index (κ2) is 14.3. The number of hydrogen-bond donors (Lipinski definition) is 0. The van der Waals surface area contributed by atoms with Gasteiger partial charge in [-0.15, -0.1) is 0 Å². The summed E-state index contributed by atoms with van der Waals surface area (Å²) in [5, 5.41) is 9.93. The van der Waals surface area contributed by atoms with Crippen LogP contribution in [0.25, 0.3) is 116 Å². The molecule has 2 heterocycles. The highest BCUT2D eigenvalue weighted by molar-refractivity contribution is 6.27. The first-order chi connectivity index (χ1) is 30.3. The van der Waals surface area contributed by atoms with Crippen LogP contribution in [0.15, 0.2) is 218 Å². The minimum absolute atomic E-state index is 0.633. The third-order valence-electron chi connectivity index (χ3n) is 12.0. The molecule has 0 fully saturated rings. The third-order valence-corrected chi connectivity index (χ3v) is 12.0. The molecule has 0 aliphatic carbocycles. The van der Waals surface area contributed by atoms with E-state index < -0.39 is 0 Å². The number of nitrogens with zero attached hydrogens (tertiary/aromatic N) is 4. The molecule has 0 unspecified atom stereocenters. The van der Waals surface area contributed by atoms with Crippen molar-refractivity contribution in [3.63, 3.8) is 0 Å². The number of benzene rings is 10. The van der Waals surface area contributed by atoms with Crippen molar-refractivity contribution in [1.82, 2.24) is 19.5 Å². The Labute approximate surface area is 352 Å². The SMILES string of the molecule is c1ccc(-c2nc(-c3ccccc3)nc(-c3ccc(-c4cc5c6ccccc6c6ccccc6c5cc4-c4cccc5c4c4ccccc4n5-c4ccccc4)cc3)n2)cc1. The predicted molar refractivity (Wildman–Crippen MR) is 254 cm³/mol. The van der Waals surface area contributed by atoms with Crippen molar-refractivity contribution in [1.29, 1.82) is 0 Å². The summed E-state index contributed by atoms with van der Waals surface area (Å²) in [6.45, 7) is 0. The zero-order valence-electron chi connectivity index (χ0n) is 33.1. The van der Waals surface area contributed by atoms with Crippen LogP contribution < -0.4 is 0 Å². The van der Waals surface area contributed by atoms with Gasteiger partial charge in [-0.05, 0) is 91.0 Å². The van der Waals surface area contributed by atoms with E-state index >= 15 is 0 Å². The first kappa shape index (κ1) is 34.8. The molecule has 4 heteroatoms.